The molecule has 0 radical (unpaired) electrons. The first-order valence-corrected chi connectivity index (χ1v) is 14.3. The van der Waals surface area contributed by atoms with Crippen molar-refractivity contribution < 1.29 is 13.6 Å². The van der Waals surface area contributed by atoms with E-state index >= 15 is 0 Å². The number of hydrogen-bond donors (Lipinski definition) is 1. The molecule has 5 heterocycles. The summed E-state index contributed by atoms with van der Waals surface area (Å²) >= 11 is 7.50. The van der Waals surface area contributed by atoms with E-state index in [-0.39, 0.29) is 22.8 Å². The van der Waals surface area contributed by atoms with E-state index in [1.807, 2.05) is 0 Å². The number of alkyl halides is 2. The van der Waals surface area contributed by atoms with Crippen LogP contribution >= 0.6 is 23.1 Å². The second-order valence-electron chi connectivity index (χ2n) is 9.94. The Balaban J connectivity index is 1.45. The lowest BCUT2D eigenvalue weighted by Crippen LogP contribution is -2.27. The minimum atomic E-state index is -2.93. The monoisotopic (exact) mass is 608 g/mol. The van der Waals surface area contributed by atoms with Crippen molar-refractivity contribution in [2.45, 2.75) is 38.8 Å². The van der Waals surface area contributed by atoms with E-state index in [0.29, 0.717) is 57.2 Å². The summed E-state index contributed by atoms with van der Waals surface area (Å²) in [5, 5.41) is 13.0. The number of nitrogens with one attached hydrogen (secondary N) is 1. The van der Waals surface area contributed by atoms with Gasteiger partial charge < -0.3 is 5.32 Å². The molecule has 5 aromatic rings. The van der Waals surface area contributed by atoms with Crippen molar-refractivity contribution in [3.63, 3.8) is 0 Å². The van der Waals surface area contributed by atoms with Gasteiger partial charge in [-0.05, 0) is 48.6 Å². The van der Waals surface area contributed by atoms with Gasteiger partial charge in [0.05, 0.1) is 41.3 Å². The number of rotatable bonds is 4. The highest BCUT2D eigenvalue weighted by molar-refractivity contribution is 7.03. The Labute approximate surface area is 247 Å². The van der Waals surface area contributed by atoms with Crippen molar-refractivity contribution in [1.82, 2.24) is 33.9 Å². The molecule has 1 N–H and O–H groups in total. The molecule has 0 saturated heterocycles. The molecule has 10 nitrogen and oxygen atoms in total. The lowest BCUT2D eigenvalue weighted by Gasteiger charge is -2.22. The molecule has 0 saturated carbocycles. The third-order valence-corrected chi connectivity index (χ3v) is 8.00. The van der Waals surface area contributed by atoms with Crippen molar-refractivity contribution in [2.75, 3.05) is 5.32 Å². The largest absolute Gasteiger partial charge is 0.333 e. The van der Waals surface area contributed by atoms with Gasteiger partial charge in [-0.2, -0.15) is 13.9 Å². The summed E-state index contributed by atoms with van der Waals surface area (Å²) in [6.07, 6.45) is 5.73. The second kappa shape index (κ2) is 11.5. The number of fused-ring (bicyclic) bond motifs is 4. The summed E-state index contributed by atoms with van der Waals surface area (Å²) in [4.78, 5) is 35.7. The van der Waals surface area contributed by atoms with Crippen molar-refractivity contribution in [3.8, 4) is 33.8 Å². The van der Waals surface area contributed by atoms with Gasteiger partial charge in [-0.1, -0.05) is 35.5 Å². The van der Waals surface area contributed by atoms with Crippen LogP contribution in [0.1, 0.15) is 44.5 Å². The molecule has 0 spiro atoms. The van der Waals surface area contributed by atoms with E-state index in [9.17, 15) is 18.4 Å². The zero-order valence-corrected chi connectivity index (χ0v) is 23.7. The number of amides is 1. The summed E-state index contributed by atoms with van der Waals surface area (Å²) < 4.78 is 33.8. The Morgan fingerprint density at radius 2 is 1.93 bits per heavy atom. The number of carbonyl (C=O) groups excluding carboxylic acids is 1. The highest BCUT2D eigenvalue weighted by Gasteiger charge is 2.26. The number of carbonyl (C=O) groups is 1. The number of hydrogen-bond acceptors (Lipinski definition) is 8. The summed E-state index contributed by atoms with van der Waals surface area (Å²) in [7, 11) is 0. The third-order valence-electron chi connectivity index (χ3n) is 7.26. The first kappa shape index (κ1) is 27.8. The Morgan fingerprint density at radius 3 is 2.69 bits per heavy atom. The third kappa shape index (κ3) is 5.32. The maximum absolute atomic E-state index is 13.9. The molecular weight excluding hydrogens is 586 g/mol. The predicted octanol–water partition coefficient (Wildman–Crippen LogP) is 6.08. The predicted molar refractivity (Wildman–Crippen MR) is 154 cm³/mol. The van der Waals surface area contributed by atoms with E-state index in [1.165, 1.54) is 40.9 Å². The molecule has 214 valence electrons. The standard InChI is InChI=1S/C28H23ClF2N8O2S/c1-15-3-2-4-24(21-9-16(7-8-32-21)26-22(35-27(15)41)12-34-39(26)28(30)31)38-14-33-20(11-25(38)40)19-10-17(29)5-6-18(19)23-13-42-37-36-23/h5-15,24,28H,2-4H2,1H3,(H,35,41). The first-order valence-electron chi connectivity index (χ1n) is 13.1. The van der Waals surface area contributed by atoms with Crippen molar-refractivity contribution in [1.29, 1.82) is 0 Å². The Morgan fingerprint density at radius 1 is 1.07 bits per heavy atom. The van der Waals surface area contributed by atoms with Crippen molar-refractivity contribution in [2.24, 2.45) is 5.92 Å². The summed E-state index contributed by atoms with van der Waals surface area (Å²) in [5.41, 5.74) is 3.18. The molecule has 2 atom stereocenters. The Bertz CT molecular complexity index is 1820. The van der Waals surface area contributed by atoms with Gasteiger partial charge >= 0.3 is 6.55 Å². The zero-order valence-electron chi connectivity index (χ0n) is 22.1. The number of aromatic nitrogens is 7. The maximum Gasteiger partial charge on any atom is 0.333 e. The number of nitrogens with zero attached hydrogens (tertiary/aromatic N) is 7. The van der Waals surface area contributed by atoms with E-state index < -0.39 is 18.5 Å². The molecule has 42 heavy (non-hydrogen) atoms. The Hall–Kier alpha value is -4.36. The molecule has 1 aromatic carbocycles. The van der Waals surface area contributed by atoms with E-state index in [4.69, 9.17) is 11.6 Å². The second-order valence-corrected chi connectivity index (χ2v) is 11.0. The van der Waals surface area contributed by atoms with Crippen LogP contribution in [0.4, 0.5) is 14.5 Å². The fourth-order valence-electron chi connectivity index (χ4n) is 5.13. The molecule has 0 aliphatic carbocycles. The number of halogens is 3. The molecule has 1 aliphatic heterocycles. The van der Waals surface area contributed by atoms with Gasteiger partial charge in [-0.25, -0.2) is 9.67 Å². The molecule has 14 heteroatoms. The Kier molecular flexibility index (Phi) is 7.60. The molecule has 4 aromatic heterocycles. The average molecular weight is 609 g/mol. The maximum atomic E-state index is 13.9. The van der Waals surface area contributed by atoms with Gasteiger partial charge in [0.15, 0.2) is 0 Å². The highest BCUT2D eigenvalue weighted by atomic mass is 35.5. The average Bonchev–Trinajstić information content (AvgIpc) is 3.66. The fourth-order valence-corrected chi connectivity index (χ4v) is 5.75. The topological polar surface area (TPSA) is 120 Å². The van der Waals surface area contributed by atoms with Crippen LogP contribution in [0.5, 0.6) is 0 Å². The number of benzene rings is 1. The van der Waals surface area contributed by atoms with Crippen LogP contribution in [0.25, 0.3) is 33.8 Å². The quantitative estimate of drug-likeness (QED) is 0.262. The van der Waals surface area contributed by atoms with E-state index in [0.717, 1.165) is 5.56 Å². The first-order chi connectivity index (χ1) is 20.3. The lowest BCUT2D eigenvalue weighted by atomic mass is 9.97. The smallest absolute Gasteiger partial charge is 0.323 e. The summed E-state index contributed by atoms with van der Waals surface area (Å²) in [5.74, 6) is -0.704. The minimum absolute atomic E-state index is 0.0550. The van der Waals surface area contributed by atoms with Crippen LogP contribution in [-0.2, 0) is 4.79 Å². The summed E-state index contributed by atoms with van der Waals surface area (Å²) in [6, 6.07) is 9.33. The molecule has 0 fully saturated rings. The van der Waals surface area contributed by atoms with Crippen LogP contribution in [0.3, 0.4) is 0 Å². The highest BCUT2D eigenvalue weighted by Crippen LogP contribution is 2.36. The SMILES string of the molecule is CC1CCCC(n2cnc(-c3cc(Cl)ccc3-c3csnn3)cc2=O)c2cc(ccn2)-c2c(cnn2C(F)F)NC1=O. The van der Waals surface area contributed by atoms with Gasteiger partial charge in [0, 0.05) is 45.3 Å². The zero-order chi connectivity index (χ0) is 29.4. The molecule has 2 bridgehead atoms. The van der Waals surface area contributed by atoms with Crippen LogP contribution in [0, 0.1) is 5.92 Å². The minimum Gasteiger partial charge on any atom is -0.323 e. The van der Waals surface area contributed by atoms with Crippen LogP contribution < -0.4 is 10.9 Å². The molecular formula is C28H23ClF2N8O2S. The van der Waals surface area contributed by atoms with Crippen LogP contribution in [0.15, 0.2) is 65.3 Å². The van der Waals surface area contributed by atoms with Gasteiger partial charge in [-0.3, -0.25) is 19.1 Å². The van der Waals surface area contributed by atoms with Gasteiger partial charge in [-0.15, -0.1) is 5.10 Å². The molecule has 1 aliphatic rings. The van der Waals surface area contributed by atoms with Gasteiger partial charge in [0.1, 0.15) is 5.69 Å². The van der Waals surface area contributed by atoms with Gasteiger partial charge in [0.25, 0.3) is 5.56 Å². The number of pyridine rings is 1. The van der Waals surface area contributed by atoms with Crippen LogP contribution in [-0.4, -0.2) is 39.8 Å². The van der Waals surface area contributed by atoms with E-state index in [1.54, 1.807) is 42.6 Å². The summed E-state index contributed by atoms with van der Waals surface area (Å²) in [6.45, 7) is -1.16. The molecule has 6 rings (SSSR count). The van der Waals surface area contributed by atoms with Gasteiger partial charge in [0.2, 0.25) is 5.91 Å². The van der Waals surface area contributed by atoms with Crippen molar-refractivity contribution in [3.05, 3.63) is 81.6 Å². The normalized spacial score (nSPS) is 17.3. The number of anilines is 1. The van der Waals surface area contributed by atoms with Crippen molar-refractivity contribution >= 4 is 34.7 Å². The van der Waals surface area contributed by atoms with Crippen LogP contribution in [0.2, 0.25) is 5.02 Å². The fraction of sp³-hybridized carbons (Fsp3) is 0.250. The molecule has 1 amide bonds. The molecule has 2 unspecified atom stereocenters. The lowest BCUT2D eigenvalue weighted by molar-refractivity contribution is -0.119. The van der Waals surface area contributed by atoms with E-state index in [2.05, 4.69) is 30.0 Å².